The van der Waals surface area contributed by atoms with Gasteiger partial charge in [0.1, 0.15) is 11.6 Å². The molecule has 150 valence electrons. The Morgan fingerprint density at radius 2 is 1.79 bits per heavy atom. The average Bonchev–Trinajstić information content (AvgIpc) is 2.66. The Labute approximate surface area is 167 Å². The maximum atomic E-state index is 13.9. The number of carbonyl (C=O) groups is 1. The van der Waals surface area contributed by atoms with Gasteiger partial charge in [0.25, 0.3) is 0 Å². The van der Waals surface area contributed by atoms with Crippen LogP contribution in [0.25, 0.3) is 0 Å². The van der Waals surface area contributed by atoms with Gasteiger partial charge in [0.15, 0.2) is 0 Å². The smallest absolute Gasteiger partial charge is 0.243 e. The summed E-state index contributed by atoms with van der Waals surface area (Å²) >= 11 is 5.68. The van der Waals surface area contributed by atoms with Gasteiger partial charge in [-0.3, -0.25) is 4.79 Å². The van der Waals surface area contributed by atoms with Gasteiger partial charge in [-0.2, -0.15) is 4.31 Å². The predicted octanol–water partition coefficient (Wildman–Crippen LogP) is 3.97. The van der Waals surface area contributed by atoms with E-state index in [1.54, 1.807) is 13.0 Å². The Kier molecular flexibility index (Phi) is 6.02. The second kappa shape index (κ2) is 8.14. The SMILES string of the molecule is Cc1ccc(NC(=O)C2CCN(S(=O)(=O)c3ccc(F)c(Cl)c3)CC2)c(F)c1. The van der Waals surface area contributed by atoms with E-state index in [4.69, 9.17) is 11.6 Å². The van der Waals surface area contributed by atoms with Crippen LogP contribution in [0, 0.1) is 24.5 Å². The van der Waals surface area contributed by atoms with E-state index in [0.29, 0.717) is 12.8 Å². The van der Waals surface area contributed by atoms with Crippen LogP contribution >= 0.6 is 11.6 Å². The van der Waals surface area contributed by atoms with Crippen LogP contribution < -0.4 is 5.32 Å². The second-order valence-corrected chi connectivity index (χ2v) is 9.07. The number of halogens is 3. The summed E-state index contributed by atoms with van der Waals surface area (Å²) in [5.41, 5.74) is 0.849. The molecule has 9 heteroatoms. The van der Waals surface area contributed by atoms with E-state index in [-0.39, 0.29) is 34.6 Å². The van der Waals surface area contributed by atoms with Crippen molar-refractivity contribution in [3.8, 4) is 0 Å². The van der Waals surface area contributed by atoms with Gasteiger partial charge in [-0.1, -0.05) is 17.7 Å². The van der Waals surface area contributed by atoms with E-state index in [1.165, 1.54) is 16.4 Å². The molecule has 0 saturated carbocycles. The van der Waals surface area contributed by atoms with E-state index in [1.807, 2.05) is 0 Å². The van der Waals surface area contributed by atoms with Crippen molar-refractivity contribution in [3.63, 3.8) is 0 Å². The summed E-state index contributed by atoms with van der Waals surface area (Å²) in [4.78, 5) is 12.3. The first kappa shape index (κ1) is 20.7. The first-order chi connectivity index (χ1) is 13.2. The molecule has 28 heavy (non-hydrogen) atoms. The van der Waals surface area contributed by atoms with Gasteiger partial charge >= 0.3 is 0 Å². The van der Waals surface area contributed by atoms with Crippen molar-refractivity contribution in [2.75, 3.05) is 18.4 Å². The quantitative estimate of drug-likeness (QED) is 0.801. The topological polar surface area (TPSA) is 66.5 Å². The van der Waals surface area contributed by atoms with Crippen LogP contribution in [0.4, 0.5) is 14.5 Å². The molecular formula is C19H19ClF2N2O3S. The molecule has 0 atom stereocenters. The number of hydrogen-bond donors (Lipinski definition) is 1. The van der Waals surface area contributed by atoms with Crippen molar-refractivity contribution in [1.82, 2.24) is 4.31 Å². The van der Waals surface area contributed by atoms with Gasteiger partial charge < -0.3 is 5.32 Å². The Bertz CT molecular complexity index is 1010. The fraction of sp³-hybridized carbons (Fsp3) is 0.316. The molecular weight excluding hydrogens is 410 g/mol. The highest BCUT2D eigenvalue weighted by Crippen LogP contribution is 2.27. The molecule has 0 radical (unpaired) electrons. The number of piperidine rings is 1. The van der Waals surface area contributed by atoms with Crippen molar-refractivity contribution in [3.05, 3.63) is 58.6 Å². The molecule has 1 heterocycles. The summed E-state index contributed by atoms with van der Waals surface area (Å²) in [6.07, 6.45) is 0.598. The molecule has 2 aromatic carbocycles. The highest BCUT2D eigenvalue weighted by molar-refractivity contribution is 7.89. The van der Waals surface area contributed by atoms with Gasteiger partial charge in [0, 0.05) is 19.0 Å². The summed E-state index contributed by atoms with van der Waals surface area (Å²) in [7, 11) is -3.83. The normalized spacial score (nSPS) is 16.1. The molecule has 1 amide bonds. The van der Waals surface area contributed by atoms with E-state index in [0.717, 1.165) is 23.8 Å². The molecule has 2 aromatic rings. The van der Waals surface area contributed by atoms with E-state index < -0.39 is 27.6 Å². The summed E-state index contributed by atoms with van der Waals surface area (Å²) in [5, 5.41) is 2.30. The van der Waals surface area contributed by atoms with Crippen LogP contribution in [0.1, 0.15) is 18.4 Å². The number of carbonyl (C=O) groups excluding carboxylic acids is 1. The van der Waals surface area contributed by atoms with E-state index in [2.05, 4.69) is 5.32 Å². The first-order valence-electron chi connectivity index (χ1n) is 8.70. The fourth-order valence-corrected chi connectivity index (χ4v) is 4.84. The number of nitrogens with one attached hydrogen (secondary N) is 1. The maximum Gasteiger partial charge on any atom is 0.243 e. The lowest BCUT2D eigenvalue weighted by atomic mass is 9.97. The Balaban J connectivity index is 1.64. The maximum absolute atomic E-state index is 13.9. The summed E-state index contributed by atoms with van der Waals surface area (Å²) in [6, 6.07) is 7.77. The van der Waals surface area contributed by atoms with Crippen LogP contribution in [0.15, 0.2) is 41.3 Å². The zero-order valence-corrected chi connectivity index (χ0v) is 16.7. The first-order valence-corrected chi connectivity index (χ1v) is 10.5. The summed E-state index contributed by atoms with van der Waals surface area (Å²) in [6.45, 7) is 2.01. The molecule has 3 rings (SSSR count). The van der Waals surface area contributed by atoms with Gasteiger partial charge in [-0.15, -0.1) is 0 Å². The fourth-order valence-electron chi connectivity index (χ4n) is 3.10. The average molecular weight is 429 g/mol. The molecule has 1 fully saturated rings. The van der Waals surface area contributed by atoms with Crippen LogP contribution in [-0.2, 0) is 14.8 Å². The summed E-state index contributed by atoms with van der Waals surface area (Å²) in [5.74, 6) is -1.98. The van der Waals surface area contributed by atoms with Crippen LogP contribution in [0.3, 0.4) is 0 Å². The molecule has 0 aromatic heterocycles. The van der Waals surface area contributed by atoms with Gasteiger partial charge in [-0.25, -0.2) is 17.2 Å². The number of anilines is 1. The number of amides is 1. The zero-order chi connectivity index (χ0) is 20.5. The monoisotopic (exact) mass is 428 g/mol. The van der Waals surface area contributed by atoms with Gasteiger partial charge in [0.05, 0.1) is 15.6 Å². The molecule has 1 aliphatic rings. The van der Waals surface area contributed by atoms with Crippen LogP contribution in [-0.4, -0.2) is 31.7 Å². The van der Waals surface area contributed by atoms with Gasteiger partial charge in [0.2, 0.25) is 15.9 Å². The molecule has 0 aliphatic carbocycles. The van der Waals surface area contributed by atoms with Crippen LogP contribution in [0.2, 0.25) is 5.02 Å². The number of aryl methyl sites for hydroxylation is 1. The molecule has 0 bridgehead atoms. The predicted molar refractivity (Wildman–Crippen MR) is 103 cm³/mol. The number of rotatable bonds is 4. The van der Waals surface area contributed by atoms with E-state index >= 15 is 0 Å². The van der Waals surface area contributed by atoms with E-state index in [9.17, 15) is 22.0 Å². The van der Waals surface area contributed by atoms with Crippen molar-refractivity contribution < 1.29 is 22.0 Å². The molecule has 0 spiro atoms. The van der Waals surface area contributed by atoms with Crippen molar-refractivity contribution in [2.24, 2.45) is 5.92 Å². The van der Waals surface area contributed by atoms with Gasteiger partial charge in [-0.05, 0) is 55.7 Å². The van der Waals surface area contributed by atoms with Crippen molar-refractivity contribution in [2.45, 2.75) is 24.7 Å². The Morgan fingerprint density at radius 1 is 1.11 bits per heavy atom. The molecule has 1 aliphatic heterocycles. The third-order valence-corrected chi connectivity index (χ3v) is 6.92. The molecule has 1 saturated heterocycles. The van der Waals surface area contributed by atoms with Crippen molar-refractivity contribution in [1.29, 1.82) is 0 Å². The minimum absolute atomic E-state index is 0.0940. The number of nitrogens with zero attached hydrogens (tertiary/aromatic N) is 1. The lowest BCUT2D eigenvalue weighted by Crippen LogP contribution is -2.41. The molecule has 0 unspecified atom stereocenters. The number of hydrogen-bond acceptors (Lipinski definition) is 3. The summed E-state index contributed by atoms with van der Waals surface area (Å²) < 4.78 is 53.8. The van der Waals surface area contributed by atoms with Crippen molar-refractivity contribution >= 4 is 33.2 Å². The molecule has 1 N–H and O–H groups in total. The standard InChI is InChI=1S/C19H19ClF2N2O3S/c1-12-2-5-18(17(22)10-12)23-19(25)13-6-8-24(9-7-13)28(26,27)14-3-4-16(21)15(20)11-14/h2-5,10-11,13H,6-9H2,1H3,(H,23,25). The zero-order valence-electron chi connectivity index (χ0n) is 15.1. The second-order valence-electron chi connectivity index (χ2n) is 6.73. The minimum atomic E-state index is -3.83. The minimum Gasteiger partial charge on any atom is -0.323 e. The lowest BCUT2D eigenvalue weighted by Gasteiger charge is -2.30. The third-order valence-electron chi connectivity index (χ3n) is 4.74. The van der Waals surface area contributed by atoms with Crippen LogP contribution in [0.5, 0.6) is 0 Å². The highest BCUT2D eigenvalue weighted by atomic mass is 35.5. The largest absolute Gasteiger partial charge is 0.323 e. The lowest BCUT2D eigenvalue weighted by molar-refractivity contribution is -0.120. The number of sulfonamides is 1. The third kappa shape index (κ3) is 4.34. The molecule has 5 nitrogen and oxygen atoms in total. The Hall–Kier alpha value is -2.03. The highest BCUT2D eigenvalue weighted by Gasteiger charge is 2.32. The number of benzene rings is 2. The Morgan fingerprint density at radius 3 is 2.39 bits per heavy atom.